The summed E-state index contributed by atoms with van der Waals surface area (Å²) < 4.78 is 6.15. The SMILES string of the molecule is CCNCc1cccc(C)c1Pc1ccccc1OCc1ccccc1. The lowest BCUT2D eigenvalue weighted by molar-refractivity contribution is 0.309. The highest BCUT2D eigenvalue weighted by Gasteiger charge is 2.10. The molecule has 2 nitrogen and oxygen atoms in total. The van der Waals surface area contributed by atoms with Gasteiger partial charge in [-0.15, -0.1) is 0 Å². The topological polar surface area (TPSA) is 21.3 Å². The molecule has 0 aliphatic carbocycles. The largest absolute Gasteiger partial charge is 0.488 e. The lowest BCUT2D eigenvalue weighted by atomic mass is 10.1. The van der Waals surface area contributed by atoms with E-state index in [-0.39, 0.29) is 0 Å². The average molecular weight is 363 g/mol. The third kappa shape index (κ3) is 4.94. The molecule has 3 aromatic carbocycles. The van der Waals surface area contributed by atoms with Gasteiger partial charge in [-0.1, -0.05) is 82.2 Å². The fourth-order valence-corrected chi connectivity index (χ4v) is 4.22. The molecular formula is C23H26NOP. The van der Waals surface area contributed by atoms with Gasteiger partial charge in [-0.2, -0.15) is 0 Å². The third-order valence-corrected chi connectivity index (χ3v) is 5.96. The second-order valence-electron chi connectivity index (χ2n) is 6.28. The van der Waals surface area contributed by atoms with Crippen molar-refractivity contribution in [2.45, 2.75) is 27.0 Å². The van der Waals surface area contributed by atoms with Crippen LogP contribution in [0, 0.1) is 6.92 Å². The summed E-state index contributed by atoms with van der Waals surface area (Å²) in [6.07, 6.45) is 0. The Hall–Kier alpha value is -2.15. The molecule has 3 rings (SSSR count). The molecule has 3 heteroatoms. The van der Waals surface area contributed by atoms with E-state index >= 15 is 0 Å². The van der Waals surface area contributed by atoms with Gasteiger partial charge < -0.3 is 10.1 Å². The van der Waals surface area contributed by atoms with Crippen LogP contribution in [0.2, 0.25) is 0 Å². The minimum Gasteiger partial charge on any atom is -0.488 e. The highest BCUT2D eigenvalue weighted by Crippen LogP contribution is 2.23. The minimum absolute atomic E-state index is 0.587. The quantitative estimate of drug-likeness (QED) is 0.602. The Morgan fingerprint density at radius 3 is 2.46 bits per heavy atom. The molecule has 1 N–H and O–H groups in total. The van der Waals surface area contributed by atoms with Crippen molar-refractivity contribution in [3.63, 3.8) is 0 Å². The van der Waals surface area contributed by atoms with Gasteiger partial charge in [0.15, 0.2) is 0 Å². The molecule has 134 valence electrons. The van der Waals surface area contributed by atoms with Crippen molar-refractivity contribution in [1.82, 2.24) is 5.32 Å². The van der Waals surface area contributed by atoms with Crippen molar-refractivity contribution in [3.05, 3.63) is 89.5 Å². The van der Waals surface area contributed by atoms with Gasteiger partial charge in [-0.05, 0) is 41.5 Å². The first-order valence-electron chi connectivity index (χ1n) is 9.10. The van der Waals surface area contributed by atoms with Gasteiger partial charge in [0.2, 0.25) is 0 Å². The monoisotopic (exact) mass is 363 g/mol. The van der Waals surface area contributed by atoms with E-state index in [1.54, 1.807) is 0 Å². The molecule has 0 fully saturated rings. The van der Waals surface area contributed by atoms with Crippen LogP contribution in [-0.4, -0.2) is 6.54 Å². The van der Waals surface area contributed by atoms with Crippen molar-refractivity contribution in [2.24, 2.45) is 0 Å². The number of hydrogen-bond donors (Lipinski definition) is 1. The molecule has 0 aliphatic heterocycles. The highest BCUT2D eigenvalue weighted by molar-refractivity contribution is 7.56. The predicted octanol–water partition coefficient (Wildman–Crippen LogP) is 4.31. The van der Waals surface area contributed by atoms with Crippen LogP contribution in [0.3, 0.4) is 0 Å². The van der Waals surface area contributed by atoms with Gasteiger partial charge in [0.1, 0.15) is 12.4 Å². The Morgan fingerprint density at radius 1 is 0.885 bits per heavy atom. The zero-order valence-corrected chi connectivity index (χ0v) is 16.5. The Balaban J connectivity index is 1.80. The molecule has 0 heterocycles. The van der Waals surface area contributed by atoms with Crippen LogP contribution in [0.5, 0.6) is 5.75 Å². The summed E-state index contributed by atoms with van der Waals surface area (Å²) >= 11 is 0. The molecule has 0 saturated heterocycles. The van der Waals surface area contributed by atoms with Crippen LogP contribution >= 0.6 is 8.58 Å². The van der Waals surface area contributed by atoms with Crippen molar-refractivity contribution in [2.75, 3.05) is 6.54 Å². The normalized spacial score (nSPS) is 11.2. The van der Waals surface area contributed by atoms with Gasteiger partial charge in [0.25, 0.3) is 0 Å². The maximum Gasteiger partial charge on any atom is 0.127 e. The van der Waals surface area contributed by atoms with E-state index < -0.39 is 0 Å². The molecule has 26 heavy (non-hydrogen) atoms. The zero-order chi connectivity index (χ0) is 18.2. The summed E-state index contributed by atoms with van der Waals surface area (Å²) in [5.74, 6) is 0.979. The second-order valence-corrected chi connectivity index (χ2v) is 7.57. The second kappa shape index (κ2) is 9.52. The highest BCUT2D eigenvalue weighted by atomic mass is 31.1. The van der Waals surface area contributed by atoms with Crippen molar-refractivity contribution < 1.29 is 4.74 Å². The first-order chi connectivity index (χ1) is 12.8. The number of aryl methyl sites for hydroxylation is 1. The van der Waals surface area contributed by atoms with Crippen LogP contribution in [0.25, 0.3) is 0 Å². The van der Waals surface area contributed by atoms with Crippen LogP contribution < -0.4 is 20.7 Å². The molecule has 0 radical (unpaired) electrons. The van der Waals surface area contributed by atoms with E-state index in [0.29, 0.717) is 15.2 Å². The lowest BCUT2D eigenvalue weighted by Gasteiger charge is -2.16. The molecule has 3 aromatic rings. The van der Waals surface area contributed by atoms with Gasteiger partial charge in [0, 0.05) is 11.8 Å². The first-order valence-corrected chi connectivity index (χ1v) is 10.1. The van der Waals surface area contributed by atoms with Gasteiger partial charge in [-0.3, -0.25) is 0 Å². The van der Waals surface area contributed by atoms with Crippen molar-refractivity contribution in [3.8, 4) is 5.75 Å². The minimum atomic E-state index is 0.587. The molecular weight excluding hydrogens is 337 g/mol. The lowest BCUT2D eigenvalue weighted by Crippen LogP contribution is -2.20. The molecule has 0 aliphatic rings. The summed E-state index contributed by atoms with van der Waals surface area (Å²) in [4.78, 5) is 0. The standard InChI is InChI=1S/C23H26NOP/c1-3-24-16-20-13-9-10-18(2)23(20)26-22-15-8-7-14-21(22)25-17-19-11-5-4-6-12-19/h4-15,24,26H,3,16-17H2,1-2H3. The first kappa shape index (κ1) is 18.6. The third-order valence-electron chi connectivity index (χ3n) is 4.31. The molecule has 1 atom stereocenters. The number of hydrogen-bond acceptors (Lipinski definition) is 2. The molecule has 0 bridgehead atoms. The van der Waals surface area contributed by atoms with Crippen molar-refractivity contribution in [1.29, 1.82) is 0 Å². The van der Waals surface area contributed by atoms with E-state index in [2.05, 4.69) is 67.7 Å². The summed E-state index contributed by atoms with van der Waals surface area (Å²) in [5.41, 5.74) is 3.91. The number of nitrogens with one attached hydrogen (secondary N) is 1. The summed E-state index contributed by atoms with van der Waals surface area (Å²) in [5, 5.41) is 6.13. The van der Waals surface area contributed by atoms with Gasteiger partial charge in [-0.25, -0.2) is 0 Å². The molecule has 1 unspecified atom stereocenters. The van der Waals surface area contributed by atoms with Crippen LogP contribution in [-0.2, 0) is 13.2 Å². The van der Waals surface area contributed by atoms with Crippen LogP contribution in [0.4, 0.5) is 0 Å². The van der Waals surface area contributed by atoms with Gasteiger partial charge >= 0.3 is 0 Å². The summed E-state index contributed by atoms with van der Waals surface area (Å²) in [6, 6.07) is 25.3. The Morgan fingerprint density at radius 2 is 1.65 bits per heavy atom. The van der Waals surface area contributed by atoms with Gasteiger partial charge in [0.05, 0.1) is 0 Å². The van der Waals surface area contributed by atoms with E-state index in [9.17, 15) is 0 Å². The Bertz CT molecular complexity index is 833. The number of rotatable bonds is 8. The number of benzene rings is 3. The molecule has 0 aromatic heterocycles. The number of ether oxygens (including phenoxy) is 1. The molecule has 0 saturated carbocycles. The molecule has 0 spiro atoms. The molecule has 0 amide bonds. The van der Waals surface area contributed by atoms with Crippen molar-refractivity contribution >= 4 is 19.2 Å². The summed E-state index contributed by atoms with van der Waals surface area (Å²) in [6.45, 7) is 6.83. The van der Waals surface area contributed by atoms with E-state index in [1.165, 1.54) is 27.3 Å². The Labute approximate surface area is 158 Å². The van der Waals surface area contributed by atoms with Crippen LogP contribution in [0.15, 0.2) is 72.8 Å². The van der Waals surface area contributed by atoms with Crippen LogP contribution in [0.1, 0.15) is 23.6 Å². The smallest absolute Gasteiger partial charge is 0.127 e. The van der Waals surface area contributed by atoms with E-state index in [0.717, 1.165) is 18.8 Å². The number of para-hydroxylation sites is 1. The maximum absolute atomic E-state index is 6.15. The predicted molar refractivity (Wildman–Crippen MR) is 113 cm³/mol. The van der Waals surface area contributed by atoms with E-state index in [4.69, 9.17) is 4.74 Å². The maximum atomic E-state index is 6.15. The average Bonchev–Trinajstić information content (AvgIpc) is 2.68. The summed E-state index contributed by atoms with van der Waals surface area (Å²) in [7, 11) is 0.587. The fraction of sp³-hybridized carbons (Fsp3) is 0.217. The Kier molecular flexibility index (Phi) is 6.82. The fourth-order valence-electron chi connectivity index (χ4n) is 2.88. The van der Waals surface area contributed by atoms with E-state index in [1.807, 2.05) is 24.3 Å². The zero-order valence-electron chi connectivity index (χ0n) is 15.5.